The van der Waals surface area contributed by atoms with Crippen LogP contribution >= 0.6 is 15.9 Å². The minimum Gasteiger partial charge on any atom is -0.350 e. The molecule has 1 amide bonds. The van der Waals surface area contributed by atoms with Gasteiger partial charge in [0.2, 0.25) is 0 Å². The molecule has 0 aromatic carbocycles. The van der Waals surface area contributed by atoms with E-state index in [1.807, 2.05) is 16.8 Å². The molecule has 0 spiro atoms. The molecule has 1 aromatic rings. The van der Waals surface area contributed by atoms with Crippen LogP contribution in [0.3, 0.4) is 0 Å². The van der Waals surface area contributed by atoms with Gasteiger partial charge in [-0.05, 0) is 60.5 Å². The Labute approximate surface area is 123 Å². The third-order valence-corrected chi connectivity index (χ3v) is 4.83. The third kappa shape index (κ3) is 3.04. The number of hydrogen-bond acceptors (Lipinski definition) is 1. The van der Waals surface area contributed by atoms with Gasteiger partial charge in [-0.3, -0.25) is 4.79 Å². The van der Waals surface area contributed by atoms with Crippen molar-refractivity contribution in [3.63, 3.8) is 0 Å². The van der Waals surface area contributed by atoms with Crippen molar-refractivity contribution in [2.24, 2.45) is 5.41 Å². The molecule has 1 aliphatic carbocycles. The largest absolute Gasteiger partial charge is 0.350 e. The number of carbonyl (C=O) groups excluding carboxylic acids is 1. The van der Waals surface area contributed by atoms with E-state index < -0.39 is 0 Å². The molecular weight excluding hydrogens is 304 g/mol. The number of carbonyl (C=O) groups is 1. The standard InChI is InChI=1S/C15H23BrN2O/c1-4-15(6-5-7-15)10-17-14(19)13-8-12(16)9-18(13)11(2)3/h8-9,11H,4-7,10H2,1-3H3,(H,17,19). The van der Waals surface area contributed by atoms with Gasteiger partial charge in [-0.2, -0.15) is 0 Å². The molecule has 0 atom stereocenters. The van der Waals surface area contributed by atoms with E-state index >= 15 is 0 Å². The number of halogens is 1. The van der Waals surface area contributed by atoms with Crippen molar-refractivity contribution in [1.29, 1.82) is 0 Å². The van der Waals surface area contributed by atoms with Crippen LogP contribution in [0.5, 0.6) is 0 Å². The lowest BCUT2D eigenvalue weighted by Gasteiger charge is -2.41. The Morgan fingerprint density at radius 1 is 1.53 bits per heavy atom. The maximum Gasteiger partial charge on any atom is 0.267 e. The number of nitrogens with zero attached hydrogens (tertiary/aromatic N) is 1. The van der Waals surface area contributed by atoms with Crippen LogP contribution in [0.4, 0.5) is 0 Å². The molecule has 0 unspecified atom stereocenters. The third-order valence-electron chi connectivity index (χ3n) is 4.39. The van der Waals surface area contributed by atoms with Crippen molar-refractivity contribution >= 4 is 21.8 Å². The highest BCUT2D eigenvalue weighted by molar-refractivity contribution is 9.10. The topological polar surface area (TPSA) is 34.0 Å². The predicted molar refractivity (Wildman–Crippen MR) is 81.4 cm³/mol. The first-order valence-corrected chi connectivity index (χ1v) is 7.92. The van der Waals surface area contributed by atoms with Crippen molar-refractivity contribution < 1.29 is 4.79 Å². The van der Waals surface area contributed by atoms with Gasteiger partial charge in [0.25, 0.3) is 5.91 Å². The van der Waals surface area contributed by atoms with Crippen LogP contribution in [0.1, 0.15) is 63.0 Å². The minimum atomic E-state index is 0.0409. The van der Waals surface area contributed by atoms with Gasteiger partial charge in [0.1, 0.15) is 5.69 Å². The Morgan fingerprint density at radius 2 is 2.21 bits per heavy atom. The quantitative estimate of drug-likeness (QED) is 0.866. The van der Waals surface area contributed by atoms with E-state index in [1.165, 1.54) is 19.3 Å². The van der Waals surface area contributed by atoms with Crippen LogP contribution in [-0.2, 0) is 0 Å². The Hall–Kier alpha value is -0.770. The fourth-order valence-corrected chi connectivity index (χ4v) is 3.18. The summed E-state index contributed by atoms with van der Waals surface area (Å²) in [6, 6.07) is 2.19. The zero-order valence-electron chi connectivity index (χ0n) is 12.0. The predicted octanol–water partition coefficient (Wildman–Crippen LogP) is 4.14. The van der Waals surface area contributed by atoms with E-state index in [1.54, 1.807) is 0 Å². The molecule has 1 saturated carbocycles. The van der Waals surface area contributed by atoms with Crippen molar-refractivity contribution in [3.05, 3.63) is 22.4 Å². The molecule has 1 fully saturated rings. The van der Waals surface area contributed by atoms with Crippen LogP contribution in [0.25, 0.3) is 0 Å². The smallest absolute Gasteiger partial charge is 0.267 e. The number of nitrogens with one attached hydrogen (secondary N) is 1. The Bertz CT molecular complexity index is 455. The molecule has 2 rings (SSSR count). The first kappa shape index (κ1) is 14.6. The van der Waals surface area contributed by atoms with Gasteiger partial charge >= 0.3 is 0 Å². The van der Waals surface area contributed by atoms with Gasteiger partial charge in [-0.25, -0.2) is 0 Å². The molecule has 1 aromatic heterocycles. The summed E-state index contributed by atoms with van der Waals surface area (Å²) in [5, 5.41) is 3.12. The second kappa shape index (κ2) is 5.70. The van der Waals surface area contributed by atoms with Crippen LogP contribution in [0.15, 0.2) is 16.7 Å². The average Bonchev–Trinajstić information content (AvgIpc) is 2.70. The summed E-state index contributed by atoms with van der Waals surface area (Å²) in [7, 11) is 0. The fourth-order valence-electron chi connectivity index (χ4n) is 2.75. The summed E-state index contributed by atoms with van der Waals surface area (Å²) >= 11 is 3.45. The lowest BCUT2D eigenvalue weighted by atomic mass is 9.67. The zero-order valence-corrected chi connectivity index (χ0v) is 13.6. The molecule has 1 aliphatic rings. The molecule has 0 saturated heterocycles. The lowest BCUT2D eigenvalue weighted by molar-refractivity contribution is 0.0840. The molecule has 3 nitrogen and oxygen atoms in total. The van der Waals surface area contributed by atoms with Crippen LogP contribution in [0, 0.1) is 5.41 Å². The molecule has 1 heterocycles. The van der Waals surface area contributed by atoms with E-state index in [0.717, 1.165) is 23.1 Å². The molecule has 4 heteroatoms. The molecule has 0 radical (unpaired) electrons. The fraction of sp³-hybridized carbons (Fsp3) is 0.667. The van der Waals surface area contributed by atoms with E-state index in [4.69, 9.17) is 0 Å². The lowest BCUT2D eigenvalue weighted by Crippen LogP contribution is -2.42. The Morgan fingerprint density at radius 3 is 2.68 bits per heavy atom. The van der Waals surface area contributed by atoms with E-state index in [-0.39, 0.29) is 11.9 Å². The molecule has 0 bridgehead atoms. The average molecular weight is 327 g/mol. The number of amides is 1. The van der Waals surface area contributed by atoms with Gasteiger partial charge < -0.3 is 9.88 Å². The van der Waals surface area contributed by atoms with E-state index in [2.05, 4.69) is 42.0 Å². The number of aromatic nitrogens is 1. The van der Waals surface area contributed by atoms with Crippen LogP contribution in [-0.4, -0.2) is 17.0 Å². The van der Waals surface area contributed by atoms with Gasteiger partial charge in [0.05, 0.1) is 0 Å². The van der Waals surface area contributed by atoms with E-state index in [0.29, 0.717) is 5.41 Å². The summed E-state index contributed by atoms with van der Waals surface area (Å²) in [6.45, 7) is 7.20. The highest BCUT2D eigenvalue weighted by Crippen LogP contribution is 2.43. The normalized spacial score (nSPS) is 17.3. The van der Waals surface area contributed by atoms with Gasteiger partial charge in [-0.15, -0.1) is 0 Å². The number of hydrogen-bond donors (Lipinski definition) is 1. The maximum absolute atomic E-state index is 12.3. The first-order chi connectivity index (χ1) is 8.97. The minimum absolute atomic E-state index is 0.0409. The van der Waals surface area contributed by atoms with Crippen molar-refractivity contribution in [1.82, 2.24) is 9.88 Å². The molecule has 106 valence electrons. The molecular formula is C15H23BrN2O. The molecule has 19 heavy (non-hydrogen) atoms. The zero-order chi connectivity index (χ0) is 14.0. The second-order valence-electron chi connectivity index (χ2n) is 5.93. The summed E-state index contributed by atoms with van der Waals surface area (Å²) < 4.78 is 2.97. The summed E-state index contributed by atoms with van der Waals surface area (Å²) in [5.41, 5.74) is 1.11. The Kier molecular flexibility index (Phi) is 4.39. The summed E-state index contributed by atoms with van der Waals surface area (Å²) in [4.78, 5) is 12.3. The van der Waals surface area contributed by atoms with Gasteiger partial charge in [0, 0.05) is 23.3 Å². The monoisotopic (exact) mass is 326 g/mol. The van der Waals surface area contributed by atoms with Crippen molar-refractivity contribution in [2.75, 3.05) is 6.54 Å². The van der Waals surface area contributed by atoms with E-state index in [9.17, 15) is 4.79 Å². The SMILES string of the molecule is CCC1(CNC(=O)c2cc(Br)cn2C(C)C)CCC1. The Balaban J connectivity index is 2.04. The summed E-state index contributed by atoms with van der Waals surface area (Å²) in [6.07, 6.45) is 6.93. The van der Waals surface area contributed by atoms with Crippen LogP contribution in [0.2, 0.25) is 0 Å². The number of rotatable bonds is 5. The van der Waals surface area contributed by atoms with Crippen molar-refractivity contribution in [2.45, 2.75) is 52.5 Å². The summed E-state index contributed by atoms with van der Waals surface area (Å²) in [5.74, 6) is 0.0409. The maximum atomic E-state index is 12.3. The highest BCUT2D eigenvalue weighted by Gasteiger charge is 2.35. The van der Waals surface area contributed by atoms with Crippen molar-refractivity contribution in [3.8, 4) is 0 Å². The van der Waals surface area contributed by atoms with Crippen LogP contribution < -0.4 is 5.32 Å². The van der Waals surface area contributed by atoms with Gasteiger partial charge in [-0.1, -0.05) is 13.3 Å². The first-order valence-electron chi connectivity index (χ1n) is 7.13. The van der Waals surface area contributed by atoms with Gasteiger partial charge in [0.15, 0.2) is 0 Å². The second-order valence-corrected chi connectivity index (χ2v) is 6.85. The molecule has 1 N–H and O–H groups in total. The highest BCUT2D eigenvalue weighted by atomic mass is 79.9. The molecule has 0 aliphatic heterocycles.